The van der Waals surface area contributed by atoms with Crippen LogP contribution < -0.4 is 10.6 Å². The number of carbonyl (C=O) groups is 3. The molecular weight excluding hydrogens is 520 g/mol. The van der Waals surface area contributed by atoms with E-state index in [1.165, 1.54) is 53.3 Å². The Bertz CT molecular complexity index is 1320. The average molecular weight is 555 g/mol. The number of aromatic nitrogens is 3. The van der Waals surface area contributed by atoms with Gasteiger partial charge in [-0.1, -0.05) is 32.9 Å². The van der Waals surface area contributed by atoms with Crippen molar-refractivity contribution in [2.24, 2.45) is 5.92 Å². The number of imidazole rings is 1. The zero-order valence-corrected chi connectivity index (χ0v) is 21.7. The lowest BCUT2D eigenvalue weighted by Crippen LogP contribution is -2.55. The van der Waals surface area contributed by atoms with Crippen molar-refractivity contribution in [2.75, 3.05) is 19.6 Å². The maximum absolute atomic E-state index is 13.9. The summed E-state index contributed by atoms with van der Waals surface area (Å²) in [5.74, 6) is -3.57. The van der Waals surface area contributed by atoms with Gasteiger partial charge in [0.15, 0.2) is 0 Å². The number of carbonyl (C=O) groups excluding carboxylic acids is 3. The number of halogens is 4. The monoisotopic (exact) mass is 554 g/mol. The van der Waals surface area contributed by atoms with E-state index in [4.69, 9.17) is 0 Å². The Balaban J connectivity index is 0.00000131. The maximum Gasteiger partial charge on any atom is 0.471 e. The van der Waals surface area contributed by atoms with Crippen LogP contribution in [0.4, 0.5) is 17.6 Å². The van der Waals surface area contributed by atoms with Crippen LogP contribution in [0.2, 0.25) is 0 Å². The summed E-state index contributed by atoms with van der Waals surface area (Å²) in [7, 11) is 0. The minimum absolute atomic E-state index is 0. The number of alkyl halides is 3. The summed E-state index contributed by atoms with van der Waals surface area (Å²) < 4.78 is 52.7. The Hall–Kier alpha value is -4.03. The maximum atomic E-state index is 13.9. The van der Waals surface area contributed by atoms with E-state index in [9.17, 15) is 31.9 Å². The lowest BCUT2D eigenvalue weighted by molar-refractivity contribution is -0.173. The Kier molecular flexibility index (Phi) is 9.60. The second-order valence-electron chi connectivity index (χ2n) is 9.77. The molecule has 2 N–H and O–H groups in total. The number of benzene rings is 1. The van der Waals surface area contributed by atoms with E-state index in [2.05, 4.69) is 36.1 Å². The van der Waals surface area contributed by atoms with Gasteiger partial charge in [-0.3, -0.25) is 23.8 Å². The highest BCUT2D eigenvalue weighted by Gasteiger charge is 2.39. The van der Waals surface area contributed by atoms with Gasteiger partial charge < -0.3 is 15.5 Å². The molecule has 0 bridgehead atoms. The minimum Gasteiger partial charge on any atom is -0.349 e. The molecule has 0 radical (unpaired) electrons. The Morgan fingerprint density at radius 1 is 1.13 bits per heavy atom. The minimum atomic E-state index is -5.12. The molecular formula is C26H34F4N6O3. The first-order valence-corrected chi connectivity index (χ1v) is 12.3. The van der Waals surface area contributed by atoms with E-state index in [1.54, 1.807) is 10.5 Å². The molecule has 9 nitrogen and oxygen atoms in total. The van der Waals surface area contributed by atoms with Crippen molar-refractivity contribution in [1.82, 2.24) is 29.9 Å². The smallest absolute Gasteiger partial charge is 0.349 e. The van der Waals surface area contributed by atoms with E-state index in [0.29, 0.717) is 17.5 Å². The molecule has 1 aliphatic rings. The van der Waals surface area contributed by atoms with E-state index < -0.39 is 42.3 Å². The van der Waals surface area contributed by atoms with Gasteiger partial charge in [-0.15, -0.1) is 0 Å². The number of likely N-dealkylation sites (tertiary alicyclic amines) is 1. The van der Waals surface area contributed by atoms with Gasteiger partial charge in [0.05, 0.1) is 43.0 Å². The molecule has 4 rings (SSSR count). The zero-order chi connectivity index (χ0) is 28.7. The molecule has 0 aliphatic carbocycles. The van der Waals surface area contributed by atoms with Crippen molar-refractivity contribution in [3.05, 3.63) is 66.3 Å². The SMILES string of the molecule is CC(C)C.O=C(CNC(=O)C(F)(F)F)N[C@@H]1CN(C(=O)c2cncc3cncn23)CC[C@H]1c1cccc(F)c1.[HH].[HH]. The van der Waals surface area contributed by atoms with Gasteiger partial charge >= 0.3 is 12.1 Å². The molecule has 2 atom stereocenters. The van der Waals surface area contributed by atoms with Gasteiger partial charge in [-0.05, 0) is 30.0 Å². The number of rotatable bonds is 5. The molecule has 214 valence electrons. The molecule has 0 spiro atoms. The van der Waals surface area contributed by atoms with Crippen molar-refractivity contribution in [2.45, 2.75) is 45.3 Å². The molecule has 1 aromatic carbocycles. The van der Waals surface area contributed by atoms with Crippen LogP contribution in [0.3, 0.4) is 0 Å². The highest BCUT2D eigenvalue weighted by atomic mass is 19.4. The number of hydrogen-bond donors (Lipinski definition) is 2. The van der Waals surface area contributed by atoms with Gasteiger partial charge in [-0.2, -0.15) is 13.2 Å². The van der Waals surface area contributed by atoms with Crippen LogP contribution >= 0.6 is 0 Å². The molecule has 0 saturated carbocycles. The van der Waals surface area contributed by atoms with Gasteiger partial charge in [0.2, 0.25) is 5.91 Å². The third-order valence-corrected chi connectivity index (χ3v) is 5.74. The summed E-state index contributed by atoms with van der Waals surface area (Å²) in [4.78, 5) is 46.2. The lowest BCUT2D eigenvalue weighted by Gasteiger charge is -2.39. The number of nitrogens with one attached hydrogen (secondary N) is 2. The van der Waals surface area contributed by atoms with E-state index in [-0.39, 0.29) is 27.5 Å². The number of hydrogen-bond acceptors (Lipinski definition) is 5. The first kappa shape index (κ1) is 29.5. The summed E-state index contributed by atoms with van der Waals surface area (Å²) >= 11 is 0. The standard InChI is InChI=1S/C22H20F4N6O3.C4H10.2H2/c23-14-3-1-2-13(6-14)16-4-5-31(20(34)18-9-27-7-15-8-28-12-32(15)18)11-17(16)30-19(33)10-29-21(35)22(24,25)26;1-4(2)3;;/h1-3,6-9,12,16-17H,4-5,10-11H2,(H,29,35)(H,30,33);4H,1-3H3;2*1H/t16-,17+;;;/m0.../s1. The van der Waals surface area contributed by atoms with Crippen LogP contribution in [0.1, 0.15) is 52.0 Å². The van der Waals surface area contributed by atoms with Gasteiger partial charge in [-0.25, -0.2) is 9.37 Å². The second-order valence-corrected chi connectivity index (χ2v) is 9.77. The summed E-state index contributed by atoms with van der Waals surface area (Å²) in [5, 5.41) is 4.11. The molecule has 0 unspecified atom stereocenters. The van der Waals surface area contributed by atoms with Crippen LogP contribution in [0.5, 0.6) is 0 Å². The highest BCUT2D eigenvalue weighted by molar-refractivity contribution is 5.93. The quantitative estimate of drug-likeness (QED) is 0.467. The molecule has 3 heterocycles. The molecule has 39 heavy (non-hydrogen) atoms. The third-order valence-electron chi connectivity index (χ3n) is 5.74. The summed E-state index contributed by atoms with van der Waals surface area (Å²) in [5.41, 5.74) is 1.42. The molecule has 2 aromatic heterocycles. The number of piperidine rings is 1. The average Bonchev–Trinajstić information content (AvgIpc) is 3.35. The number of amides is 3. The third kappa shape index (κ3) is 7.98. The fourth-order valence-corrected chi connectivity index (χ4v) is 4.11. The molecule has 1 aliphatic heterocycles. The molecule has 3 amide bonds. The van der Waals surface area contributed by atoms with Gasteiger partial charge in [0, 0.05) is 21.9 Å². The predicted octanol–water partition coefficient (Wildman–Crippen LogP) is 3.82. The Morgan fingerprint density at radius 2 is 1.82 bits per heavy atom. The second kappa shape index (κ2) is 12.7. The number of nitrogens with zero attached hydrogens (tertiary/aromatic N) is 4. The van der Waals surface area contributed by atoms with E-state index in [1.807, 2.05) is 0 Å². The fraction of sp³-hybridized carbons (Fsp3) is 0.423. The van der Waals surface area contributed by atoms with Crippen molar-refractivity contribution >= 4 is 23.2 Å². The largest absolute Gasteiger partial charge is 0.471 e. The van der Waals surface area contributed by atoms with Crippen LogP contribution in [-0.4, -0.2) is 68.8 Å². The zero-order valence-electron chi connectivity index (χ0n) is 21.7. The van der Waals surface area contributed by atoms with Crippen molar-refractivity contribution in [3.8, 4) is 0 Å². The first-order chi connectivity index (χ1) is 18.4. The molecule has 1 saturated heterocycles. The topological polar surface area (TPSA) is 109 Å². The van der Waals surface area contributed by atoms with Gasteiger partial charge in [0.1, 0.15) is 11.5 Å². The van der Waals surface area contributed by atoms with Crippen molar-refractivity contribution in [3.63, 3.8) is 0 Å². The fourth-order valence-electron chi connectivity index (χ4n) is 4.11. The van der Waals surface area contributed by atoms with E-state index in [0.717, 1.165) is 5.92 Å². The summed E-state index contributed by atoms with van der Waals surface area (Å²) in [6.07, 6.45) is 1.15. The molecule has 3 aromatic rings. The normalized spacial score (nSPS) is 17.4. The Labute approximate surface area is 225 Å². The van der Waals surface area contributed by atoms with Crippen LogP contribution in [-0.2, 0) is 9.59 Å². The van der Waals surface area contributed by atoms with Crippen molar-refractivity contribution in [1.29, 1.82) is 0 Å². The highest BCUT2D eigenvalue weighted by Crippen LogP contribution is 2.30. The Morgan fingerprint density at radius 3 is 2.49 bits per heavy atom. The predicted molar refractivity (Wildman–Crippen MR) is 138 cm³/mol. The van der Waals surface area contributed by atoms with Crippen molar-refractivity contribution < 1.29 is 34.8 Å². The molecule has 1 fully saturated rings. The summed E-state index contributed by atoms with van der Waals surface area (Å²) in [6.45, 7) is 5.88. The number of fused-ring (bicyclic) bond motifs is 1. The van der Waals surface area contributed by atoms with Crippen LogP contribution in [0, 0.1) is 11.7 Å². The first-order valence-electron chi connectivity index (χ1n) is 12.3. The van der Waals surface area contributed by atoms with Gasteiger partial charge in [0.25, 0.3) is 5.91 Å². The van der Waals surface area contributed by atoms with Crippen LogP contribution in [0.15, 0.2) is 49.2 Å². The van der Waals surface area contributed by atoms with Crippen LogP contribution in [0.25, 0.3) is 5.52 Å². The molecule has 13 heteroatoms. The lowest BCUT2D eigenvalue weighted by atomic mass is 9.85. The summed E-state index contributed by atoms with van der Waals surface area (Å²) in [6, 6.07) is 5.01. The van der Waals surface area contributed by atoms with E-state index >= 15 is 0 Å².